The average Bonchev–Trinajstić information content (AvgIpc) is 2.52. The number of anilines is 1. The van der Waals surface area contributed by atoms with E-state index in [1.54, 1.807) is 25.3 Å². The number of halogens is 1. The van der Waals surface area contributed by atoms with Crippen LogP contribution in [-0.2, 0) is 0 Å². The van der Waals surface area contributed by atoms with Crippen molar-refractivity contribution in [1.29, 1.82) is 0 Å². The molecular weight excluding hydrogens is 283 g/mol. The largest absolute Gasteiger partial charge is 0.493 e. The number of fused-ring (bicyclic) bond motifs is 1. The quantitative estimate of drug-likeness (QED) is 0.741. The number of hydrogen-bond acceptors (Lipinski definition) is 4. The van der Waals surface area contributed by atoms with Crippen LogP contribution < -0.4 is 15.2 Å². The molecule has 0 fully saturated rings. The zero-order chi connectivity index (χ0) is 15.7. The number of rotatable bonds is 3. The van der Waals surface area contributed by atoms with Crippen LogP contribution in [0.25, 0.3) is 10.9 Å². The molecule has 0 saturated heterocycles. The monoisotopic (exact) mass is 298 g/mol. The van der Waals surface area contributed by atoms with Crippen LogP contribution in [-0.4, -0.2) is 12.1 Å². The molecule has 1 heterocycles. The highest BCUT2D eigenvalue weighted by atomic mass is 19.1. The number of nitrogens with two attached hydrogens (primary N) is 1. The number of nitrogen functional groups attached to an aromatic ring is 1. The third-order valence-corrected chi connectivity index (χ3v) is 3.32. The van der Waals surface area contributed by atoms with Crippen LogP contribution in [0.4, 0.5) is 10.1 Å². The summed E-state index contributed by atoms with van der Waals surface area (Å²) < 4.78 is 24.2. The molecule has 0 atom stereocenters. The molecule has 0 aliphatic rings. The van der Waals surface area contributed by atoms with Crippen molar-refractivity contribution in [3.05, 3.63) is 54.0 Å². The van der Waals surface area contributed by atoms with Crippen LogP contribution in [0, 0.1) is 12.7 Å². The molecule has 0 aliphatic carbocycles. The normalized spacial score (nSPS) is 10.7. The van der Waals surface area contributed by atoms with Gasteiger partial charge in [-0.2, -0.15) is 0 Å². The van der Waals surface area contributed by atoms with Gasteiger partial charge in [0.15, 0.2) is 11.5 Å². The number of benzene rings is 2. The van der Waals surface area contributed by atoms with Crippen molar-refractivity contribution in [2.75, 3.05) is 12.8 Å². The Morgan fingerprint density at radius 1 is 1.09 bits per heavy atom. The minimum Gasteiger partial charge on any atom is -0.493 e. The van der Waals surface area contributed by atoms with Gasteiger partial charge in [0.05, 0.1) is 18.3 Å². The number of methoxy groups -OCH3 is 1. The highest BCUT2D eigenvalue weighted by Gasteiger charge is 2.15. The van der Waals surface area contributed by atoms with Gasteiger partial charge in [-0.3, -0.25) is 4.98 Å². The van der Waals surface area contributed by atoms with Gasteiger partial charge in [0.2, 0.25) is 0 Å². The second kappa shape index (κ2) is 5.52. The molecular formula is C17H15FN2O2. The zero-order valence-corrected chi connectivity index (χ0v) is 12.3. The third-order valence-electron chi connectivity index (χ3n) is 3.32. The Balaban J connectivity index is 2.18. The molecule has 22 heavy (non-hydrogen) atoms. The average molecular weight is 298 g/mol. The van der Waals surface area contributed by atoms with Crippen molar-refractivity contribution < 1.29 is 13.9 Å². The first kappa shape index (κ1) is 14.1. The minimum atomic E-state index is -0.321. The van der Waals surface area contributed by atoms with E-state index < -0.39 is 0 Å². The van der Waals surface area contributed by atoms with Crippen LogP contribution in [0.1, 0.15) is 5.69 Å². The van der Waals surface area contributed by atoms with E-state index >= 15 is 0 Å². The Morgan fingerprint density at radius 2 is 1.82 bits per heavy atom. The summed E-state index contributed by atoms with van der Waals surface area (Å²) in [4.78, 5) is 4.45. The fraction of sp³-hybridized carbons (Fsp3) is 0.118. The highest BCUT2D eigenvalue weighted by Crippen LogP contribution is 2.41. The maximum Gasteiger partial charge on any atom is 0.178 e. The van der Waals surface area contributed by atoms with E-state index in [0.29, 0.717) is 28.5 Å². The summed E-state index contributed by atoms with van der Waals surface area (Å²) in [6.45, 7) is 1.89. The molecule has 5 heteroatoms. The molecule has 3 aromatic rings. The van der Waals surface area contributed by atoms with Crippen LogP contribution in [0.2, 0.25) is 0 Å². The smallest absolute Gasteiger partial charge is 0.178 e. The first-order chi connectivity index (χ1) is 10.6. The number of aromatic nitrogens is 1. The zero-order valence-electron chi connectivity index (χ0n) is 12.3. The Hall–Kier alpha value is -2.82. The molecule has 0 saturated carbocycles. The minimum absolute atomic E-state index is 0.321. The summed E-state index contributed by atoms with van der Waals surface area (Å²) in [5, 5.41) is 0.742. The Bertz CT molecular complexity index is 832. The van der Waals surface area contributed by atoms with Gasteiger partial charge in [-0.15, -0.1) is 0 Å². The predicted molar refractivity (Wildman–Crippen MR) is 83.9 cm³/mol. The number of nitrogens with zero attached hydrogens (tertiary/aromatic N) is 1. The highest BCUT2D eigenvalue weighted by molar-refractivity contribution is 5.96. The lowest BCUT2D eigenvalue weighted by atomic mass is 10.1. The van der Waals surface area contributed by atoms with Gasteiger partial charge >= 0.3 is 0 Å². The number of hydrogen-bond donors (Lipinski definition) is 1. The maximum atomic E-state index is 13.0. The van der Waals surface area contributed by atoms with Gasteiger partial charge in [-0.05, 0) is 43.3 Å². The standard InChI is InChI=1S/C17H15FN2O2/c1-10-3-8-13-16(20-10)14(19)9-15(21-2)17(13)22-12-6-4-11(18)5-7-12/h3-9H,19H2,1-2H3. The van der Waals surface area contributed by atoms with Gasteiger partial charge in [0.1, 0.15) is 11.6 Å². The van der Waals surface area contributed by atoms with Crippen molar-refractivity contribution >= 4 is 16.6 Å². The van der Waals surface area contributed by atoms with E-state index in [2.05, 4.69) is 4.98 Å². The summed E-state index contributed by atoms with van der Waals surface area (Å²) in [7, 11) is 1.54. The molecule has 2 aromatic carbocycles. The first-order valence-corrected chi connectivity index (χ1v) is 6.75. The van der Waals surface area contributed by atoms with Crippen LogP contribution in [0.15, 0.2) is 42.5 Å². The summed E-state index contributed by atoms with van der Waals surface area (Å²) in [5.74, 6) is 1.19. The number of pyridine rings is 1. The van der Waals surface area contributed by atoms with Crippen LogP contribution in [0.5, 0.6) is 17.2 Å². The number of ether oxygens (including phenoxy) is 2. The Labute approximate surface area is 127 Å². The van der Waals surface area contributed by atoms with E-state index in [-0.39, 0.29) is 5.82 Å². The summed E-state index contributed by atoms with van der Waals surface area (Å²) in [6, 6.07) is 11.2. The summed E-state index contributed by atoms with van der Waals surface area (Å²) in [6.07, 6.45) is 0. The second-order valence-corrected chi connectivity index (χ2v) is 4.90. The van der Waals surface area contributed by atoms with Crippen molar-refractivity contribution in [3.63, 3.8) is 0 Å². The fourth-order valence-corrected chi connectivity index (χ4v) is 2.25. The molecule has 4 nitrogen and oxygen atoms in total. The summed E-state index contributed by atoms with van der Waals surface area (Å²) >= 11 is 0. The van der Waals surface area contributed by atoms with Gasteiger partial charge in [0.25, 0.3) is 0 Å². The second-order valence-electron chi connectivity index (χ2n) is 4.90. The predicted octanol–water partition coefficient (Wildman–Crippen LogP) is 4.07. The van der Waals surface area contributed by atoms with Crippen LogP contribution >= 0.6 is 0 Å². The molecule has 0 unspecified atom stereocenters. The molecule has 0 radical (unpaired) electrons. The number of aryl methyl sites for hydroxylation is 1. The molecule has 0 bridgehead atoms. The maximum absolute atomic E-state index is 13.0. The third kappa shape index (κ3) is 2.53. The van der Waals surface area contributed by atoms with Crippen molar-refractivity contribution in [3.8, 4) is 17.2 Å². The SMILES string of the molecule is COc1cc(N)c2nc(C)ccc2c1Oc1ccc(F)cc1. The molecule has 3 rings (SSSR count). The Kier molecular flexibility index (Phi) is 3.55. The van der Waals surface area contributed by atoms with Crippen LogP contribution in [0.3, 0.4) is 0 Å². The molecule has 112 valence electrons. The Morgan fingerprint density at radius 3 is 2.50 bits per heavy atom. The van der Waals surface area contributed by atoms with E-state index in [0.717, 1.165) is 11.1 Å². The van der Waals surface area contributed by atoms with Gasteiger partial charge in [-0.25, -0.2) is 4.39 Å². The molecule has 0 amide bonds. The van der Waals surface area contributed by atoms with E-state index in [4.69, 9.17) is 15.2 Å². The van der Waals surface area contributed by atoms with Crippen molar-refractivity contribution in [2.45, 2.75) is 6.92 Å². The van der Waals surface area contributed by atoms with E-state index in [9.17, 15) is 4.39 Å². The fourth-order valence-electron chi connectivity index (χ4n) is 2.25. The van der Waals surface area contributed by atoms with E-state index in [1.165, 1.54) is 12.1 Å². The van der Waals surface area contributed by atoms with Crippen molar-refractivity contribution in [1.82, 2.24) is 4.98 Å². The molecule has 0 aliphatic heterocycles. The van der Waals surface area contributed by atoms with Gasteiger partial charge in [0, 0.05) is 17.1 Å². The van der Waals surface area contributed by atoms with Crippen molar-refractivity contribution in [2.24, 2.45) is 0 Å². The molecule has 1 aromatic heterocycles. The van der Waals surface area contributed by atoms with Gasteiger partial charge in [-0.1, -0.05) is 0 Å². The first-order valence-electron chi connectivity index (χ1n) is 6.75. The molecule has 2 N–H and O–H groups in total. The topological polar surface area (TPSA) is 57.4 Å². The lowest BCUT2D eigenvalue weighted by Crippen LogP contribution is -1.97. The lowest BCUT2D eigenvalue weighted by Gasteiger charge is -2.14. The van der Waals surface area contributed by atoms with E-state index in [1.807, 2.05) is 19.1 Å². The lowest BCUT2D eigenvalue weighted by molar-refractivity contribution is 0.381. The molecule has 0 spiro atoms. The summed E-state index contributed by atoms with van der Waals surface area (Å²) in [5.41, 5.74) is 8.06. The van der Waals surface area contributed by atoms with Gasteiger partial charge < -0.3 is 15.2 Å².